The fraction of sp³-hybridized carbons (Fsp3) is 0.200. The lowest BCUT2D eigenvalue weighted by atomic mass is 10.00. The van der Waals surface area contributed by atoms with Crippen molar-refractivity contribution in [1.29, 1.82) is 5.26 Å². The third kappa shape index (κ3) is 6.20. The molecule has 0 aliphatic rings. The Morgan fingerprint density at radius 2 is 1.90 bits per heavy atom. The van der Waals surface area contributed by atoms with Crippen molar-refractivity contribution in [2.45, 2.75) is 24.4 Å². The first-order valence-corrected chi connectivity index (χ1v) is 13.3. The van der Waals surface area contributed by atoms with Gasteiger partial charge >= 0.3 is 11.9 Å². The number of hydrogen-bond acceptors (Lipinski definition) is 9. The maximum atomic E-state index is 11.7. The summed E-state index contributed by atoms with van der Waals surface area (Å²) >= 11 is 1.45. The molecule has 2 heterocycles. The fourth-order valence-corrected chi connectivity index (χ4v) is 5.44. The molecular formula is C30H25N3O5S. The molecule has 0 fully saturated rings. The predicted octanol–water partition coefficient (Wildman–Crippen LogP) is 5.90. The Bertz CT molecular complexity index is 1660. The van der Waals surface area contributed by atoms with Crippen molar-refractivity contribution in [1.82, 2.24) is 9.97 Å². The van der Waals surface area contributed by atoms with Gasteiger partial charge in [-0.2, -0.15) is 22.0 Å². The smallest absolute Gasteiger partial charge is 0.306 e. The molecule has 0 spiro atoms. The summed E-state index contributed by atoms with van der Waals surface area (Å²) in [5.74, 6) is 0.736. The number of hydrogen-bond donors (Lipinski definition) is 1. The Hall–Kier alpha value is -4.39. The van der Waals surface area contributed by atoms with Crippen molar-refractivity contribution in [3.05, 3.63) is 102 Å². The maximum Gasteiger partial charge on any atom is 0.306 e. The molecule has 0 aliphatic carbocycles. The van der Waals surface area contributed by atoms with E-state index in [4.69, 9.17) is 19.2 Å². The molecule has 1 N–H and O–H groups in total. The second kappa shape index (κ2) is 12.0. The summed E-state index contributed by atoms with van der Waals surface area (Å²) in [4.78, 5) is 20.6. The summed E-state index contributed by atoms with van der Waals surface area (Å²) in [5.41, 5.74) is 4.11. The summed E-state index contributed by atoms with van der Waals surface area (Å²) in [7, 11) is 1.35. The molecule has 0 aliphatic heterocycles. The van der Waals surface area contributed by atoms with Crippen LogP contribution in [-0.2, 0) is 16.1 Å². The molecule has 0 radical (unpaired) electrons. The van der Waals surface area contributed by atoms with Crippen LogP contribution < -0.4 is 4.74 Å². The summed E-state index contributed by atoms with van der Waals surface area (Å²) in [5, 5.41) is 21.2. The van der Waals surface area contributed by atoms with Gasteiger partial charge in [-0.1, -0.05) is 42.5 Å². The van der Waals surface area contributed by atoms with Crippen LogP contribution in [0.4, 0.5) is 0 Å². The number of aromatic nitrogens is 2. The van der Waals surface area contributed by atoms with Crippen LogP contribution in [0.3, 0.4) is 0 Å². The normalized spacial score (nSPS) is 12.6. The zero-order valence-corrected chi connectivity index (χ0v) is 21.9. The van der Waals surface area contributed by atoms with Crippen LogP contribution in [0.1, 0.15) is 40.5 Å². The number of oxazole rings is 1. The third-order valence-corrected chi connectivity index (χ3v) is 7.53. The molecule has 8 nitrogen and oxygen atoms in total. The van der Waals surface area contributed by atoms with Gasteiger partial charge in [-0.3, -0.25) is 4.79 Å². The lowest BCUT2D eigenvalue weighted by molar-refractivity contribution is -0.140. The second-order valence-corrected chi connectivity index (χ2v) is 10.0. The number of aliphatic hydroxyl groups excluding tert-OH is 1. The number of rotatable bonds is 10. The number of benzene rings is 3. The zero-order chi connectivity index (χ0) is 27.2. The van der Waals surface area contributed by atoms with E-state index in [1.807, 2.05) is 66.7 Å². The van der Waals surface area contributed by atoms with E-state index in [0.717, 1.165) is 22.2 Å². The van der Waals surface area contributed by atoms with Gasteiger partial charge in [-0.15, -0.1) is 0 Å². The Labute approximate surface area is 229 Å². The molecule has 2 aromatic heterocycles. The van der Waals surface area contributed by atoms with Gasteiger partial charge in [-0.05, 0) is 47.5 Å². The van der Waals surface area contributed by atoms with E-state index in [2.05, 4.69) is 9.97 Å². The van der Waals surface area contributed by atoms with E-state index in [-0.39, 0.29) is 18.3 Å². The Kier molecular flexibility index (Phi) is 8.06. The van der Waals surface area contributed by atoms with Crippen molar-refractivity contribution >= 4 is 39.7 Å². The third-order valence-electron chi connectivity index (χ3n) is 6.20. The predicted molar refractivity (Wildman–Crippen MR) is 148 cm³/mol. The minimum Gasteiger partial charge on any atom is -0.487 e. The quantitative estimate of drug-likeness (QED) is 0.216. The lowest BCUT2D eigenvalue weighted by Crippen LogP contribution is -2.10. The number of methoxy groups -OCH3 is 1. The van der Waals surface area contributed by atoms with Crippen molar-refractivity contribution in [2.24, 2.45) is 0 Å². The van der Waals surface area contributed by atoms with Crippen LogP contribution in [0.5, 0.6) is 5.75 Å². The van der Waals surface area contributed by atoms with Crippen molar-refractivity contribution < 1.29 is 23.8 Å². The molecule has 5 rings (SSSR count). The lowest BCUT2D eigenvalue weighted by Gasteiger charge is -2.24. The van der Waals surface area contributed by atoms with Crippen LogP contribution in [0, 0.1) is 11.3 Å². The molecule has 0 bridgehead atoms. The zero-order valence-electron chi connectivity index (χ0n) is 21.1. The van der Waals surface area contributed by atoms with E-state index in [0.29, 0.717) is 34.8 Å². The number of nitriles is 1. The first-order valence-electron chi connectivity index (χ1n) is 12.3. The number of aliphatic hydroxyl groups is 1. The van der Waals surface area contributed by atoms with Gasteiger partial charge in [0.15, 0.2) is 11.7 Å². The molecule has 39 heavy (non-hydrogen) atoms. The van der Waals surface area contributed by atoms with Gasteiger partial charge in [0.05, 0.1) is 36.1 Å². The second-order valence-electron chi connectivity index (χ2n) is 8.78. The van der Waals surface area contributed by atoms with Crippen molar-refractivity contribution in [2.75, 3.05) is 12.9 Å². The molecule has 0 amide bonds. The average Bonchev–Trinajstić information content (AvgIpc) is 3.40. The summed E-state index contributed by atoms with van der Waals surface area (Å²) in [6, 6.07) is 26.5. The average molecular weight is 540 g/mol. The number of esters is 1. The van der Waals surface area contributed by atoms with E-state index >= 15 is 0 Å². The summed E-state index contributed by atoms with van der Waals surface area (Å²) < 4.78 is 16.2. The largest absolute Gasteiger partial charge is 0.487 e. The number of ether oxygens (including phenoxy) is 2. The van der Waals surface area contributed by atoms with E-state index < -0.39 is 11.4 Å². The highest BCUT2D eigenvalue weighted by Crippen LogP contribution is 2.42. The molecule has 0 saturated carbocycles. The van der Waals surface area contributed by atoms with Gasteiger partial charge < -0.3 is 19.0 Å². The van der Waals surface area contributed by atoms with Crippen LogP contribution >= 0.6 is 11.8 Å². The number of carbonyl (C=O) groups excluding carboxylic acids is 1. The monoisotopic (exact) mass is 539 g/mol. The van der Waals surface area contributed by atoms with Crippen molar-refractivity contribution in [3.8, 4) is 11.8 Å². The van der Waals surface area contributed by atoms with Crippen LogP contribution in [0.15, 0.2) is 83.3 Å². The van der Waals surface area contributed by atoms with Gasteiger partial charge in [0.25, 0.3) is 0 Å². The van der Waals surface area contributed by atoms with E-state index in [1.54, 1.807) is 18.2 Å². The number of para-hydroxylation sites is 1. The van der Waals surface area contributed by atoms with Crippen molar-refractivity contribution in [3.63, 3.8) is 0 Å². The highest BCUT2D eigenvalue weighted by molar-refractivity contribution is 7.99. The highest BCUT2D eigenvalue weighted by atomic mass is 32.2. The number of carbonyl (C=O) groups is 1. The highest BCUT2D eigenvalue weighted by Gasteiger charge is 2.25. The van der Waals surface area contributed by atoms with Crippen LogP contribution in [0.2, 0.25) is 0 Å². The fourth-order valence-electron chi connectivity index (χ4n) is 4.22. The molecular weight excluding hydrogens is 514 g/mol. The van der Waals surface area contributed by atoms with Crippen LogP contribution in [0.25, 0.3) is 22.0 Å². The SMILES string of the molecule is COC(=O)CCSC(c1cccc(OCc2ccc3ccccc3n2)c1)C(O)c1ccc2oc(C#N)nc2c1. The topological polar surface area (TPSA) is 118 Å². The molecule has 5 aromatic rings. The molecule has 9 heteroatoms. The van der Waals surface area contributed by atoms with E-state index in [1.165, 1.54) is 18.9 Å². The van der Waals surface area contributed by atoms with Crippen LogP contribution in [-0.4, -0.2) is 33.9 Å². The maximum absolute atomic E-state index is 11.7. The minimum absolute atomic E-state index is 0.0357. The molecule has 196 valence electrons. The van der Waals surface area contributed by atoms with Gasteiger partial charge in [0, 0.05) is 11.1 Å². The number of fused-ring (bicyclic) bond motifs is 2. The Balaban J connectivity index is 1.38. The van der Waals surface area contributed by atoms with Gasteiger partial charge in [0.2, 0.25) is 0 Å². The van der Waals surface area contributed by atoms with Gasteiger partial charge in [0.1, 0.15) is 17.9 Å². The molecule has 0 saturated heterocycles. The number of thioether (sulfide) groups is 1. The number of nitrogens with zero attached hydrogens (tertiary/aromatic N) is 3. The minimum atomic E-state index is -0.934. The standard InChI is InChI=1S/C30H25N3O5S/c1-36-28(34)13-14-39-30(29(35)20-10-12-26-25(16-20)33-27(17-31)38-26)21-6-4-7-23(15-21)37-18-22-11-9-19-5-2-3-8-24(19)32-22/h2-12,15-16,29-30,35H,13-14,18H2,1H3. The Morgan fingerprint density at radius 3 is 2.74 bits per heavy atom. The molecule has 2 atom stereocenters. The molecule has 2 unspecified atom stereocenters. The summed E-state index contributed by atoms with van der Waals surface area (Å²) in [6.45, 7) is 0.293. The summed E-state index contributed by atoms with van der Waals surface area (Å²) in [6.07, 6.45) is -0.723. The first-order chi connectivity index (χ1) is 19.0. The van der Waals surface area contributed by atoms with E-state index in [9.17, 15) is 9.90 Å². The number of pyridine rings is 1. The first kappa shape index (κ1) is 26.2. The Morgan fingerprint density at radius 1 is 1.03 bits per heavy atom. The molecule has 3 aromatic carbocycles. The van der Waals surface area contributed by atoms with Gasteiger partial charge in [-0.25, -0.2) is 4.98 Å².